The molecule has 1 heterocycles. The second-order valence-corrected chi connectivity index (χ2v) is 5.25. The van der Waals surface area contributed by atoms with Crippen LogP contribution in [0.5, 0.6) is 0 Å². The lowest BCUT2D eigenvalue weighted by molar-refractivity contribution is 0.0218. The van der Waals surface area contributed by atoms with Crippen LogP contribution in [0.15, 0.2) is 0 Å². The first-order chi connectivity index (χ1) is 7.29. The van der Waals surface area contributed by atoms with Gasteiger partial charge in [-0.1, -0.05) is 0 Å². The van der Waals surface area contributed by atoms with Gasteiger partial charge >= 0.3 is 6.09 Å². The molecule has 1 fully saturated rings. The monoisotopic (exact) mass is 232 g/mol. The molecular formula is C11H21FN2O2. The molecule has 2 N–H and O–H groups in total. The summed E-state index contributed by atoms with van der Waals surface area (Å²) in [6.45, 7) is 5.93. The van der Waals surface area contributed by atoms with Crippen molar-refractivity contribution >= 4 is 6.09 Å². The maximum Gasteiger partial charge on any atom is 0.410 e. The molecule has 0 spiro atoms. The van der Waals surface area contributed by atoms with Gasteiger partial charge < -0.3 is 15.4 Å². The fraction of sp³-hybridized carbons (Fsp3) is 0.909. The van der Waals surface area contributed by atoms with E-state index in [-0.39, 0.29) is 6.54 Å². The molecule has 2 atom stereocenters. The van der Waals surface area contributed by atoms with Gasteiger partial charge in [-0.15, -0.1) is 0 Å². The lowest BCUT2D eigenvalue weighted by atomic mass is 10.1. The highest BCUT2D eigenvalue weighted by molar-refractivity contribution is 5.68. The van der Waals surface area contributed by atoms with E-state index in [2.05, 4.69) is 0 Å². The van der Waals surface area contributed by atoms with Crippen LogP contribution in [0.3, 0.4) is 0 Å². The predicted molar refractivity (Wildman–Crippen MR) is 59.9 cm³/mol. The number of nitrogens with two attached hydrogens (primary N) is 1. The SMILES string of the molecule is CC(C)(C)OC(=O)N1CCCC(N)C(F)C1. The third kappa shape index (κ3) is 3.96. The Morgan fingerprint density at radius 1 is 1.50 bits per heavy atom. The van der Waals surface area contributed by atoms with Crippen molar-refractivity contribution in [1.29, 1.82) is 0 Å². The van der Waals surface area contributed by atoms with Gasteiger partial charge in [0.25, 0.3) is 0 Å². The number of likely N-dealkylation sites (tertiary alicyclic amines) is 1. The number of carbonyl (C=O) groups is 1. The molecule has 4 nitrogen and oxygen atoms in total. The number of hydrogen-bond donors (Lipinski definition) is 1. The molecule has 5 heteroatoms. The Hall–Kier alpha value is -0.840. The first kappa shape index (κ1) is 13.2. The summed E-state index contributed by atoms with van der Waals surface area (Å²) in [6.07, 6.45) is -0.277. The molecule has 2 unspecified atom stereocenters. The van der Waals surface area contributed by atoms with Crippen molar-refractivity contribution < 1.29 is 13.9 Å². The number of alkyl halides is 1. The number of nitrogens with zero attached hydrogens (tertiary/aromatic N) is 1. The van der Waals surface area contributed by atoms with E-state index in [1.165, 1.54) is 4.90 Å². The Morgan fingerprint density at radius 3 is 2.69 bits per heavy atom. The molecule has 0 aromatic carbocycles. The Balaban J connectivity index is 2.56. The summed E-state index contributed by atoms with van der Waals surface area (Å²) in [5.74, 6) is 0. The van der Waals surface area contributed by atoms with E-state index in [1.807, 2.05) is 0 Å². The van der Waals surface area contributed by atoms with Crippen molar-refractivity contribution in [3.8, 4) is 0 Å². The second-order valence-electron chi connectivity index (χ2n) is 5.25. The van der Waals surface area contributed by atoms with Gasteiger partial charge in [0.2, 0.25) is 0 Å². The zero-order valence-electron chi connectivity index (χ0n) is 10.2. The van der Waals surface area contributed by atoms with Gasteiger partial charge in [-0.05, 0) is 33.6 Å². The second kappa shape index (κ2) is 4.99. The van der Waals surface area contributed by atoms with E-state index < -0.39 is 23.9 Å². The van der Waals surface area contributed by atoms with Crippen LogP contribution in [0.4, 0.5) is 9.18 Å². The van der Waals surface area contributed by atoms with Gasteiger partial charge in [0.1, 0.15) is 11.8 Å². The zero-order chi connectivity index (χ0) is 12.3. The molecule has 0 aromatic rings. The first-order valence-electron chi connectivity index (χ1n) is 5.67. The van der Waals surface area contributed by atoms with Crippen molar-refractivity contribution in [2.45, 2.75) is 51.4 Å². The maximum absolute atomic E-state index is 13.5. The highest BCUT2D eigenvalue weighted by Crippen LogP contribution is 2.16. The molecule has 0 aliphatic carbocycles. The summed E-state index contributed by atoms with van der Waals surface area (Å²) in [6, 6.07) is -0.465. The standard InChI is InChI=1S/C11H21FN2O2/c1-11(2,3)16-10(15)14-6-4-5-9(13)8(12)7-14/h8-9H,4-7,13H2,1-3H3. The smallest absolute Gasteiger partial charge is 0.410 e. The first-order valence-corrected chi connectivity index (χ1v) is 5.67. The van der Waals surface area contributed by atoms with Crippen LogP contribution in [0.25, 0.3) is 0 Å². The molecule has 0 saturated carbocycles. The van der Waals surface area contributed by atoms with Crippen LogP contribution >= 0.6 is 0 Å². The highest BCUT2D eigenvalue weighted by atomic mass is 19.1. The Labute approximate surface area is 95.9 Å². The molecule has 1 amide bonds. The third-order valence-electron chi connectivity index (χ3n) is 2.48. The van der Waals surface area contributed by atoms with Crippen LogP contribution in [-0.4, -0.2) is 41.9 Å². The third-order valence-corrected chi connectivity index (χ3v) is 2.48. The quantitative estimate of drug-likeness (QED) is 0.691. The molecule has 0 bridgehead atoms. The minimum Gasteiger partial charge on any atom is -0.444 e. The fourth-order valence-corrected chi connectivity index (χ4v) is 1.63. The Morgan fingerprint density at radius 2 is 2.12 bits per heavy atom. The van der Waals surface area contributed by atoms with E-state index in [1.54, 1.807) is 20.8 Å². The molecule has 1 rings (SSSR count). The minimum absolute atomic E-state index is 0.0378. The maximum atomic E-state index is 13.5. The van der Waals surface area contributed by atoms with Crippen molar-refractivity contribution in [2.24, 2.45) is 5.73 Å². The number of amides is 1. The molecule has 94 valence electrons. The lowest BCUT2D eigenvalue weighted by Gasteiger charge is -2.27. The molecule has 16 heavy (non-hydrogen) atoms. The van der Waals surface area contributed by atoms with Crippen molar-refractivity contribution in [3.05, 3.63) is 0 Å². The summed E-state index contributed by atoms with van der Waals surface area (Å²) >= 11 is 0. The average Bonchev–Trinajstić information content (AvgIpc) is 2.27. The summed E-state index contributed by atoms with van der Waals surface area (Å²) < 4.78 is 18.7. The van der Waals surface area contributed by atoms with Crippen molar-refractivity contribution in [1.82, 2.24) is 4.90 Å². The summed E-state index contributed by atoms with van der Waals surface area (Å²) in [5, 5.41) is 0. The van der Waals surface area contributed by atoms with Gasteiger partial charge in [-0.25, -0.2) is 9.18 Å². The van der Waals surface area contributed by atoms with Crippen LogP contribution in [-0.2, 0) is 4.74 Å². The summed E-state index contributed by atoms with van der Waals surface area (Å²) in [5.41, 5.74) is 5.07. The molecular weight excluding hydrogens is 211 g/mol. The average molecular weight is 232 g/mol. The van der Waals surface area contributed by atoms with Crippen LogP contribution in [0, 0.1) is 0 Å². The summed E-state index contributed by atoms with van der Waals surface area (Å²) in [7, 11) is 0. The van der Waals surface area contributed by atoms with Gasteiger partial charge in [0.15, 0.2) is 0 Å². The van der Waals surface area contributed by atoms with Crippen LogP contribution in [0.1, 0.15) is 33.6 Å². The van der Waals surface area contributed by atoms with Crippen LogP contribution < -0.4 is 5.73 Å². The molecule has 0 radical (unpaired) electrons. The number of halogens is 1. The largest absolute Gasteiger partial charge is 0.444 e. The molecule has 1 aliphatic heterocycles. The van der Waals surface area contributed by atoms with Crippen molar-refractivity contribution in [2.75, 3.05) is 13.1 Å². The normalized spacial score (nSPS) is 27.4. The van der Waals surface area contributed by atoms with E-state index in [0.29, 0.717) is 13.0 Å². The molecule has 1 saturated heterocycles. The van der Waals surface area contributed by atoms with E-state index in [4.69, 9.17) is 10.5 Å². The Kier molecular flexibility index (Phi) is 4.13. The van der Waals surface area contributed by atoms with E-state index >= 15 is 0 Å². The molecule has 1 aliphatic rings. The van der Waals surface area contributed by atoms with E-state index in [9.17, 15) is 9.18 Å². The topological polar surface area (TPSA) is 55.6 Å². The lowest BCUT2D eigenvalue weighted by Crippen LogP contribution is -2.42. The van der Waals surface area contributed by atoms with Gasteiger partial charge in [0.05, 0.1) is 6.54 Å². The van der Waals surface area contributed by atoms with Crippen molar-refractivity contribution in [3.63, 3.8) is 0 Å². The van der Waals surface area contributed by atoms with Gasteiger partial charge in [0, 0.05) is 12.6 Å². The predicted octanol–water partition coefficient (Wildman–Crippen LogP) is 1.68. The number of hydrogen-bond acceptors (Lipinski definition) is 3. The minimum atomic E-state index is -1.16. The fourth-order valence-electron chi connectivity index (χ4n) is 1.63. The van der Waals surface area contributed by atoms with Gasteiger partial charge in [-0.3, -0.25) is 0 Å². The number of ether oxygens (including phenoxy) is 1. The van der Waals surface area contributed by atoms with E-state index in [0.717, 1.165) is 6.42 Å². The highest BCUT2D eigenvalue weighted by Gasteiger charge is 2.29. The Bertz CT molecular complexity index is 253. The van der Waals surface area contributed by atoms with Crippen LogP contribution in [0.2, 0.25) is 0 Å². The number of carbonyl (C=O) groups excluding carboxylic acids is 1. The number of rotatable bonds is 0. The zero-order valence-corrected chi connectivity index (χ0v) is 10.2. The summed E-state index contributed by atoms with van der Waals surface area (Å²) in [4.78, 5) is 13.1. The van der Waals surface area contributed by atoms with Gasteiger partial charge in [-0.2, -0.15) is 0 Å². The molecule has 0 aromatic heterocycles.